The first-order valence-corrected chi connectivity index (χ1v) is 6.11. The van der Waals surface area contributed by atoms with Gasteiger partial charge in [0.2, 0.25) is 0 Å². The van der Waals surface area contributed by atoms with Crippen molar-refractivity contribution in [2.75, 3.05) is 0 Å². The van der Waals surface area contributed by atoms with Crippen LogP contribution in [-0.4, -0.2) is 11.0 Å². The highest BCUT2D eigenvalue weighted by molar-refractivity contribution is 5.82. The fraction of sp³-hybridized carbons (Fsp3) is 0.429. The van der Waals surface area contributed by atoms with Crippen molar-refractivity contribution >= 4 is 10.9 Å². The van der Waals surface area contributed by atoms with Crippen LogP contribution < -0.4 is 5.32 Å². The summed E-state index contributed by atoms with van der Waals surface area (Å²) in [4.78, 5) is 3.32. The Labute approximate surface area is 96.1 Å². The lowest BCUT2D eigenvalue weighted by Gasteiger charge is -2.33. The fourth-order valence-corrected chi connectivity index (χ4v) is 2.62. The van der Waals surface area contributed by atoms with Crippen LogP contribution in [0.2, 0.25) is 0 Å². The number of rotatable bonds is 3. The largest absolute Gasteiger partial charge is 0.361 e. The second kappa shape index (κ2) is 3.95. The Balaban J connectivity index is 1.71. The van der Waals surface area contributed by atoms with E-state index in [4.69, 9.17) is 0 Å². The van der Waals surface area contributed by atoms with Gasteiger partial charge in [-0.25, -0.2) is 0 Å². The summed E-state index contributed by atoms with van der Waals surface area (Å²) in [6.07, 6.45) is 4.68. The van der Waals surface area contributed by atoms with Gasteiger partial charge in [0, 0.05) is 24.3 Å². The molecule has 0 atom stereocenters. The van der Waals surface area contributed by atoms with Gasteiger partial charge in [-0.3, -0.25) is 0 Å². The number of benzene rings is 1. The third-order valence-electron chi connectivity index (χ3n) is 3.63. The minimum atomic E-state index is 0.736. The summed E-state index contributed by atoms with van der Waals surface area (Å²) in [5.74, 6) is 0.916. The first-order chi connectivity index (χ1) is 7.83. The second-order valence-electron chi connectivity index (χ2n) is 5.01. The molecule has 2 heteroatoms. The van der Waals surface area contributed by atoms with E-state index >= 15 is 0 Å². The van der Waals surface area contributed by atoms with Crippen molar-refractivity contribution in [2.24, 2.45) is 5.92 Å². The highest BCUT2D eigenvalue weighted by Gasteiger charge is 2.24. The lowest BCUT2D eigenvalue weighted by atomic mass is 9.82. The van der Waals surface area contributed by atoms with E-state index in [1.54, 1.807) is 0 Å². The summed E-state index contributed by atoms with van der Waals surface area (Å²) >= 11 is 0. The van der Waals surface area contributed by atoms with Crippen LogP contribution in [0.15, 0.2) is 30.5 Å². The first kappa shape index (κ1) is 9.91. The minimum Gasteiger partial charge on any atom is -0.361 e. The van der Waals surface area contributed by atoms with Gasteiger partial charge < -0.3 is 10.3 Å². The number of para-hydroxylation sites is 1. The molecule has 1 aliphatic carbocycles. The van der Waals surface area contributed by atoms with Crippen molar-refractivity contribution in [1.82, 2.24) is 10.3 Å². The van der Waals surface area contributed by atoms with E-state index in [2.05, 4.69) is 41.5 Å². The van der Waals surface area contributed by atoms with Crippen LogP contribution in [0, 0.1) is 5.92 Å². The van der Waals surface area contributed by atoms with Gasteiger partial charge in [0.05, 0.1) is 0 Å². The van der Waals surface area contributed by atoms with Crippen molar-refractivity contribution in [3.8, 4) is 0 Å². The van der Waals surface area contributed by atoms with E-state index in [0.29, 0.717) is 0 Å². The standard InChI is InChI=1S/C14H18N2/c1-10-7-13(8-10)16-9-12-4-2-3-11-5-6-15-14(11)12/h2-6,10,13,15-16H,7-9H2,1H3. The van der Waals surface area contributed by atoms with Crippen LogP contribution in [0.25, 0.3) is 10.9 Å². The average Bonchev–Trinajstić information content (AvgIpc) is 2.71. The number of H-pyrrole nitrogens is 1. The third kappa shape index (κ3) is 1.74. The van der Waals surface area contributed by atoms with Gasteiger partial charge in [-0.2, -0.15) is 0 Å². The summed E-state index contributed by atoms with van der Waals surface area (Å²) in [6, 6.07) is 9.36. The highest BCUT2D eigenvalue weighted by Crippen LogP contribution is 2.27. The maximum Gasteiger partial charge on any atom is 0.0499 e. The molecule has 3 rings (SSSR count). The molecule has 16 heavy (non-hydrogen) atoms. The molecule has 1 saturated carbocycles. The zero-order valence-corrected chi connectivity index (χ0v) is 9.66. The molecule has 1 fully saturated rings. The van der Waals surface area contributed by atoms with Crippen molar-refractivity contribution in [3.05, 3.63) is 36.0 Å². The van der Waals surface area contributed by atoms with Crippen LogP contribution in [-0.2, 0) is 6.54 Å². The van der Waals surface area contributed by atoms with E-state index in [-0.39, 0.29) is 0 Å². The zero-order valence-electron chi connectivity index (χ0n) is 9.66. The second-order valence-corrected chi connectivity index (χ2v) is 5.01. The molecule has 0 aliphatic heterocycles. The number of aromatic amines is 1. The summed E-state index contributed by atoms with van der Waals surface area (Å²) in [5, 5.41) is 4.93. The average molecular weight is 214 g/mol. The van der Waals surface area contributed by atoms with Gasteiger partial charge in [0.15, 0.2) is 0 Å². The normalized spacial score (nSPS) is 24.6. The van der Waals surface area contributed by atoms with Gasteiger partial charge in [-0.05, 0) is 35.8 Å². The molecule has 0 radical (unpaired) electrons. The lowest BCUT2D eigenvalue weighted by Crippen LogP contribution is -2.39. The Bertz CT molecular complexity index is 480. The molecule has 2 nitrogen and oxygen atoms in total. The Morgan fingerprint density at radius 2 is 2.19 bits per heavy atom. The zero-order chi connectivity index (χ0) is 11.0. The van der Waals surface area contributed by atoms with Crippen molar-refractivity contribution < 1.29 is 0 Å². The van der Waals surface area contributed by atoms with E-state index in [1.807, 2.05) is 6.20 Å². The van der Waals surface area contributed by atoms with E-state index in [0.717, 1.165) is 18.5 Å². The molecule has 0 spiro atoms. The van der Waals surface area contributed by atoms with Gasteiger partial charge in [0.1, 0.15) is 0 Å². The van der Waals surface area contributed by atoms with Crippen LogP contribution in [0.1, 0.15) is 25.3 Å². The van der Waals surface area contributed by atoms with E-state index < -0.39 is 0 Å². The molecule has 1 aromatic heterocycles. The predicted molar refractivity (Wildman–Crippen MR) is 67.3 cm³/mol. The van der Waals surface area contributed by atoms with E-state index in [9.17, 15) is 0 Å². The fourth-order valence-electron chi connectivity index (χ4n) is 2.62. The molecule has 0 bridgehead atoms. The Morgan fingerprint density at radius 3 is 3.00 bits per heavy atom. The number of hydrogen-bond acceptors (Lipinski definition) is 1. The lowest BCUT2D eigenvalue weighted by molar-refractivity contribution is 0.240. The van der Waals surface area contributed by atoms with Crippen LogP contribution in [0.3, 0.4) is 0 Å². The number of nitrogens with one attached hydrogen (secondary N) is 2. The van der Waals surface area contributed by atoms with E-state index in [1.165, 1.54) is 29.3 Å². The molecule has 0 amide bonds. The summed E-state index contributed by atoms with van der Waals surface area (Å²) in [7, 11) is 0. The molecular formula is C14H18N2. The smallest absolute Gasteiger partial charge is 0.0499 e. The monoisotopic (exact) mass is 214 g/mol. The SMILES string of the molecule is CC1CC(NCc2cccc3cc[nH]c23)C1. The molecule has 0 unspecified atom stereocenters. The Hall–Kier alpha value is -1.28. The van der Waals surface area contributed by atoms with Gasteiger partial charge in [-0.1, -0.05) is 25.1 Å². The van der Waals surface area contributed by atoms with Gasteiger partial charge >= 0.3 is 0 Å². The first-order valence-electron chi connectivity index (χ1n) is 6.11. The molecule has 84 valence electrons. The number of aromatic nitrogens is 1. The molecule has 1 aromatic carbocycles. The molecule has 2 N–H and O–H groups in total. The third-order valence-corrected chi connectivity index (χ3v) is 3.63. The minimum absolute atomic E-state index is 0.736. The highest BCUT2D eigenvalue weighted by atomic mass is 14.9. The topological polar surface area (TPSA) is 27.8 Å². The van der Waals surface area contributed by atoms with Crippen LogP contribution >= 0.6 is 0 Å². The van der Waals surface area contributed by atoms with Crippen LogP contribution in [0.5, 0.6) is 0 Å². The summed E-state index contributed by atoms with van der Waals surface area (Å²) in [5.41, 5.74) is 2.66. The number of hydrogen-bond donors (Lipinski definition) is 2. The summed E-state index contributed by atoms with van der Waals surface area (Å²) in [6.45, 7) is 3.30. The Kier molecular flexibility index (Phi) is 2.44. The van der Waals surface area contributed by atoms with Crippen LogP contribution in [0.4, 0.5) is 0 Å². The quantitative estimate of drug-likeness (QED) is 0.807. The molecule has 1 aliphatic rings. The molecular weight excluding hydrogens is 196 g/mol. The maximum absolute atomic E-state index is 3.63. The number of fused-ring (bicyclic) bond motifs is 1. The van der Waals surface area contributed by atoms with Crippen molar-refractivity contribution in [3.63, 3.8) is 0 Å². The maximum atomic E-state index is 3.63. The summed E-state index contributed by atoms with van der Waals surface area (Å²) < 4.78 is 0. The molecule has 1 heterocycles. The Morgan fingerprint density at radius 1 is 1.31 bits per heavy atom. The van der Waals surface area contributed by atoms with Gasteiger partial charge in [-0.15, -0.1) is 0 Å². The predicted octanol–water partition coefficient (Wildman–Crippen LogP) is 3.06. The molecule has 2 aromatic rings. The van der Waals surface area contributed by atoms with Crippen molar-refractivity contribution in [2.45, 2.75) is 32.4 Å². The van der Waals surface area contributed by atoms with Gasteiger partial charge in [0.25, 0.3) is 0 Å². The molecule has 0 saturated heterocycles. The van der Waals surface area contributed by atoms with Crippen molar-refractivity contribution in [1.29, 1.82) is 0 Å².